The molecule has 0 saturated carbocycles. The van der Waals surface area contributed by atoms with Gasteiger partial charge in [-0.3, -0.25) is 9.13 Å². The van der Waals surface area contributed by atoms with Crippen LogP contribution in [0.25, 0.3) is 90.4 Å². The molecule has 0 aliphatic rings. The van der Waals surface area contributed by atoms with Crippen molar-refractivity contribution >= 4 is 22.1 Å². The number of aryl methyl sites for hydroxylation is 4. The zero-order valence-electron chi connectivity index (χ0n) is 32.7. The number of hydrogen-bond acceptors (Lipinski definition) is 5. The van der Waals surface area contributed by atoms with E-state index in [0.717, 1.165) is 84.0 Å². The molecule has 0 fully saturated rings. The number of imidazole rings is 2. The lowest BCUT2D eigenvalue weighted by molar-refractivity contribution is 1.06. The van der Waals surface area contributed by atoms with Gasteiger partial charge in [-0.1, -0.05) is 120 Å². The normalized spacial score (nSPS) is 11.4. The largest absolute Gasteiger partial charge is 0.292 e. The van der Waals surface area contributed by atoms with Crippen LogP contribution in [0.4, 0.5) is 0 Å². The molecule has 0 N–H and O–H groups in total. The Morgan fingerprint density at radius 1 is 0.328 bits per heavy atom. The number of fused-ring (bicyclic) bond motifs is 2. The van der Waals surface area contributed by atoms with E-state index in [-0.39, 0.29) is 0 Å². The third kappa shape index (κ3) is 6.23. The molecule has 7 nitrogen and oxygen atoms in total. The molecule has 0 aliphatic heterocycles. The van der Waals surface area contributed by atoms with Crippen molar-refractivity contribution in [1.82, 2.24) is 34.1 Å². The van der Waals surface area contributed by atoms with Crippen LogP contribution in [0.1, 0.15) is 22.3 Å². The highest BCUT2D eigenvalue weighted by molar-refractivity contribution is 5.88. The molecule has 0 spiro atoms. The van der Waals surface area contributed by atoms with Gasteiger partial charge in [0.2, 0.25) is 0 Å². The molecule has 0 radical (unpaired) electrons. The van der Waals surface area contributed by atoms with E-state index in [2.05, 4.69) is 188 Å². The molecule has 0 bridgehead atoms. The quantitative estimate of drug-likeness (QED) is 0.162. The van der Waals surface area contributed by atoms with E-state index in [9.17, 15) is 0 Å². The summed E-state index contributed by atoms with van der Waals surface area (Å²) in [5, 5.41) is 0. The van der Waals surface area contributed by atoms with Gasteiger partial charge < -0.3 is 0 Å². The first-order valence-electron chi connectivity index (χ1n) is 19.5. The average Bonchev–Trinajstić information content (AvgIpc) is 3.84. The number of hydrogen-bond donors (Lipinski definition) is 0. The second kappa shape index (κ2) is 14.2. The number of nitrogens with zero attached hydrogens (tertiary/aromatic N) is 7. The topological polar surface area (TPSA) is 74.3 Å². The molecule has 0 amide bonds. The summed E-state index contributed by atoms with van der Waals surface area (Å²) in [5.41, 5.74) is 15.1. The molecular weight excluding hydrogens is 711 g/mol. The van der Waals surface area contributed by atoms with E-state index in [0.29, 0.717) is 17.5 Å². The summed E-state index contributed by atoms with van der Waals surface area (Å²) in [6.45, 7) is 8.46. The summed E-state index contributed by atoms with van der Waals surface area (Å²) in [6.07, 6.45) is 0. The zero-order chi connectivity index (χ0) is 39.3. The summed E-state index contributed by atoms with van der Waals surface area (Å²) in [7, 11) is 0. The summed E-state index contributed by atoms with van der Waals surface area (Å²) in [6, 6.07) is 56.7. The van der Waals surface area contributed by atoms with Crippen molar-refractivity contribution in [2.24, 2.45) is 0 Å². The number of aromatic nitrogens is 7. The summed E-state index contributed by atoms with van der Waals surface area (Å²) in [5.74, 6) is 3.38. The molecular formula is C51H39N7. The van der Waals surface area contributed by atoms with Crippen LogP contribution in [0.3, 0.4) is 0 Å². The monoisotopic (exact) mass is 749 g/mol. The highest BCUT2D eigenvalue weighted by Gasteiger charge is 2.22. The first-order chi connectivity index (χ1) is 28.4. The summed E-state index contributed by atoms with van der Waals surface area (Å²) in [4.78, 5) is 26.2. The van der Waals surface area contributed by atoms with Crippen molar-refractivity contribution in [1.29, 1.82) is 0 Å². The zero-order valence-corrected chi connectivity index (χ0v) is 32.7. The average molecular weight is 750 g/mol. The lowest BCUT2D eigenvalue weighted by Crippen LogP contribution is -2.04. The van der Waals surface area contributed by atoms with E-state index >= 15 is 0 Å². The van der Waals surface area contributed by atoms with Gasteiger partial charge in [-0.25, -0.2) is 24.9 Å². The molecule has 10 aromatic rings. The Kier molecular flexibility index (Phi) is 8.56. The first-order valence-corrected chi connectivity index (χ1v) is 19.5. The fraction of sp³-hybridized carbons (Fsp3) is 0.0784. The molecule has 7 aromatic carbocycles. The number of rotatable bonds is 7. The van der Waals surface area contributed by atoms with Crippen molar-refractivity contribution in [2.45, 2.75) is 27.7 Å². The Labute approximate surface area is 337 Å². The molecule has 0 aliphatic carbocycles. The van der Waals surface area contributed by atoms with E-state index in [4.69, 9.17) is 24.9 Å². The molecule has 0 saturated heterocycles. The fourth-order valence-corrected chi connectivity index (χ4v) is 7.74. The maximum atomic E-state index is 5.34. The Morgan fingerprint density at radius 2 is 0.690 bits per heavy atom. The Morgan fingerprint density at radius 3 is 1.12 bits per heavy atom. The number of para-hydroxylation sites is 6. The van der Waals surface area contributed by atoms with Gasteiger partial charge in [0.1, 0.15) is 11.6 Å². The van der Waals surface area contributed by atoms with Crippen LogP contribution in [-0.2, 0) is 0 Å². The standard InChI is InChI=1S/C51H39N7/c1-32-21-25-36(26-22-32)47-54-48(37-27-23-33(2)24-28-37)56-49(55-47)38-29-39(50-52-41-15-7-11-19-45(41)57(50)43-17-9-5-13-34(43)3)31-40(30-38)51-53-42-16-8-12-20-46(42)58(51)44-18-10-6-14-35(44)4/h5-31H,1-4H3. The summed E-state index contributed by atoms with van der Waals surface area (Å²) >= 11 is 0. The van der Waals surface area contributed by atoms with Crippen molar-refractivity contribution < 1.29 is 0 Å². The molecule has 278 valence electrons. The van der Waals surface area contributed by atoms with Crippen LogP contribution >= 0.6 is 0 Å². The predicted molar refractivity (Wildman–Crippen MR) is 235 cm³/mol. The van der Waals surface area contributed by atoms with E-state index < -0.39 is 0 Å². The third-order valence-electron chi connectivity index (χ3n) is 10.8. The molecule has 3 aromatic heterocycles. The van der Waals surface area contributed by atoms with Gasteiger partial charge in [0, 0.05) is 27.8 Å². The fourth-order valence-electron chi connectivity index (χ4n) is 7.74. The smallest absolute Gasteiger partial charge is 0.164 e. The third-order valence-corrected chi connectivity index (χ3v) is 10.8. The van der Waals surface area contributed by atoms with Gasteiger partial charge in [-0.05, 0) is 93.4 Å². The van der Waals surface area contributed by atoms with Crippen LogP contribution in [0.15, 0.2) is 164 Å². The van der Waals surface area contributed by atoms with Crippen LogP contribution in [0, 0.1) is 27.7 Å². The highest BCUT2D eigenvalue weighted by atomic mass is 15.1. The first kappa shape index (κ1) is 34.9. The minimum absolute atomic E-state index is 0.557. The molecule has 3 heterocycles. The van der Waals surface area contributed by atoms with Gasteiger partial charge in [0.25, 0.3) is 0 Å². The minimum atomic E-state index is 0.557. The van der Waals surface area contributed by atoms with Crippen LogP contribution in [0.5, 0.6) is 0 Å². The molecule has 58 heavy (non-hydrogen) atoms. The Hall–Kier alpha value is -7.51. The number of benzene rings is 7. The highest BCUT2D eigenvalue weighted by Crippen LogP contribution is 2.38. The second-order valence-electron chi connectivity index (χ2n) is 14.9. The Balaban J connectivity index is 1.29. The van der Waals surface area contributed by atoms with Crippen molar-refractivity contribution in [3.63, 3.8) is 0 Å². The predicted octanol–water partition coefficient (Wildman–Crippen LogP) is 12.1. The van der Waals surface area contributed by atoms with E-state index in [1.54, 1.807) is 0 Å². The molecule has 7 heteroatoms. The van der Waals surface area contributed by atoms with Crippen LogP contribution < -0.4 is 0 Å². The van der Waals surface area contributed by atoms with Gasteiger partial charge in [-0.15, -0.1) is 0 Å². The molecule has 0 atom stereocenters. The SMILES string of the molecule is Cc1ccc(-c2nc(-c3ccc(C)cc3)nc(-c3cc(-c4nc5ccccc5n4-c4ccccc4C)cc(-c4nc5ccccc5n4-c4ccccc4C)c3)n2)cc1. The van der Waals surface area contributed by atoms with E-state index in [1.807, 2.05) is 12.1 Å². The Bertz CT molecular complexity index is 2950. The second-order valence-corrected chi connectivity index (χ2v) is 14.9. The van der Waals surface area contributed by atoms with Crippen molar-refractivity contribution in [3.05, 3.63) is 186 Å². The maximum Gasteiger partial charge on any atom is 0.164 e. The van der Waals surface area contributed by atoms with Crippen LogP contribution in [0.2, 0.25) is 0 Å². The van der Waals surface area contributed by atoms with Gasteiger partial charge in [0.15, 0.2) is 17.5 Å². The minimum Gasteiger partial charge on any atom is -0.292 e. The lowest BCUT2D eigenvalue weighted by atomic mass is 10.0. The molecule has 10 rings (SSSR count). The van der Waals surface area contributed by atoms with Crippen molar-refractivity contribution in [3.8, 4) is 68.3 Å². The van der Waals surface area contributed by atoms with Crippen LogP contribution in [-0.4, -0.2) is 34.1 Å². The van der Waals surface area contributed by atoms with E-state index in [1.165, 1.54) is 11.1 Å². The lowest BCUT2D eigenvalue weighted by Gasteiger charge is -2.16. The van der Waals surface area contributed by atoms with Gasteiger partial charge in [0.05, 0.1) is 33.4 Å². The van der Waals surface area contributed by atoms with Gasteiger partial charge >= 0.3 is 0 Å². The maximum absolute atomic E-state index is 5.34. The summed E-state index contributed by atoms with van der Waals surface area (Å²) < 4.78 is 4.53. The van der Waals surface area contributed by atoms with Crippen molar-refractivity contribution in [2.75, 3.05) is 0 Å². The molecule has 0 unspecified atom stereocenters. The van der Waals surface area contributed by atoms with Gasteiger partial charge in [-0.2, -0.15) is 0 Å².